The van der Waals surface area contributed by atoms with Crippen LogP contribution in [0, 0.1) is 17.8 Å². The van der Waals surface area contributed by atoms with E-state index in [0.29, 0.717) is 11.8 Å². The Morgan fingerprint density at radius 3 is 2.73 bits per heavy atom. The molecule has 11 heavy (non-hydrogen) atoms. The summed E-state index contributed by atoms with van der Waals surface area (Å²) in [7, 11) is 1.45. The second-order valence-electron chi connectivity index (χ2n) is 3.06. The van der Waals surface area contributed by atoms with Gasteiger partial charge in [-0.25, -0.2) is 5.48 Å². The molecule has 1 N–H and O–H groups in total. The summed E-state index contributed by atoms with van der Waals surface area (Å²) in [5, 5.41) is 0. The van der Waals surface area contributed by atoms with Crippen LogP contribution in [0.15, 0.2) is 0 Å². The van der Waals surface area contributed by atoms with Gasteiger partial charge in [0.05, 0.1) is 26.2 Å². The largest absolute Gasteiger partial charge is 0.381 e. The monoisotopic (exact) mass is 157 g/mol. The molecule has 2 fully saturated rings. The fourth-order valence-electron chi connectivity index (χ4n) is 1.80. The maximum atomic E-state index is 11.1. The molecule has 1 saturated heterocycles. The fourth-order valence-corrected chi connectivity index (χ4v) is 1.80. The SMILES string of the molecule is CONC(=O)C1C2COCC21. The molecule has 0 bridgehead atoms. The number of amides is 1. The minimum Gasteiger partial charge on any atom is -0.381 e. The normalized spacial score (nSPS) is 39.9. The van der Waals surface area contributed by atoms with Crippen molar-refractivity contribution < 1.29 is 14.4 Å². The Labute approximate surface area is 64.8 Å². The van der Waals surface area contributed by atoms with E-state index in [9.17, 15) is 4.79 Å². The predicted octanol–water partition coefficient (Wildman–Crippen LogP) is -0.444. The van der Waals surface area contributed by atoms with Crippen LogP contribution in [0.2, 0.25) is 0 Å². The van der Waals surface area contributed by atoms with Crippen LogP contribution in [0.5, 0.6) is 0 Å². The Balaban J connectivity index is 1.85. The zero-order valence-corrected chi connectivity index (χ0v) is 6.37. The molecule has 2 atom stereocenters. The Hall–Kier alpha value is -0.610. The van der Waals surface area contributed by atoms with Gasteiger partial charge >= 0.3 is 0 Å². The van der Waals surface area contributed by atoms with Gasteiger partial charge in [0.15, 0.2) is 0 Å². The minimum absolute atomic E-state index is 0.00537. The van der Waals surface area contributed by atoms with E-state index >= 15 is 0 Å². The van der Waals surface area contributed by atoms with E-state index in [4.69, 9.17) is 4.74 Å². The van der Waals surface area contributed by atoms with Crippen LogP contribution < -0.4 is 5.48 Å². The van der Waals surface area contributed by atoms with E-state index in [1.54, 1.807) is 0 Å². The summed E-state index contributed by atoms with van der Waals surface area (Å²) >= 11 is 0. The van der Waals surface area contributed by atoms with Gasteiger partial charge in [0.1, 0.15) is 0 Å². The first-order valence-corrected chi connectivity index (χ1v) is 3.75. The lowest BCUT2D eigenvalue weighted by Crippen LogP contribution is -2.26. The van der Waals surface area contributed by atoms with Crippen LogP contribution in [0.4, 0.5) is 0 Å². The number of carbonyl (C=O) groups is 1. The number of hydrogen-bond acceptors (Lipinski definition) is 3. The molecule has 1 aliphatic heterocycles. The van der Waals surface area contributed by atoms with E-state index in [2.05, 4.69) is 10.3 Å². The molecule has 1 amide bonds. The van der Waals surface area contributed by atoms with Gasteiger partial charge in [-0.1, -0.05) is 0 Å². The highest BCUT2D eigenvalue weighted by atomic mass is 16.6. The molecule has 2 unspecified atom stereocenters. The number of rotatable bonds is 2. The Kier molecular flexibility index (Phi) is 1.58. The Morgan fingerprint density at radius 2 is 2.18 bits per heavy atom. The quantitative estimate of drug-likeness (QED) is 0.552. The first-order chi connectivity index (χ1) is 5.34. The molecule has 0 spiro atoms. The summed E-state index contributed by atoms with van der Waals surface area (Å²) in [6.07, 6.45) is 0. The van der Waals surface area contributed by atoms with Crippen molar-refractivity contribution in [3.63, 3.8) is 0 Å². The third kappa shape index (κ3) is 1.02. The summed E-state index contributed by atoms with van der Waals surface area (Å²) in [5.74, 6) is 1.09. The molecule has 0 aromatic rings. The molecular weight excluding hydrogens is 146 g/mol. The van der Waals surface area contributed by atoms with Gasteiger partial charge in [-0.2, -0.15) is 0 Å². The first kappa shape index (κ1) is 7.06. The fraction of sp³-hybridized carbons (Fsp3) is 0.857. The molecule has 0 aromatic carbocycles. The summed E-state index contributed by atoms with van der Waals surface area (Å²) in [4.78, 5) is 15.7. The van der Waals surface area contributed by atoms with Crippen LogP contribution in [0.25, 0.3) is 0 Å². The molecule has 4 nitrogen and oxygen atoms in total. The maximum Gasteiger partial charge on any atom is 0.247 e. The van der Waals surface area contributed by atoms with Gasteiger partial charge in [0.25, 0.3) is 0 Å². The van der Waals surface area contributed by atoms with Crippen molar-refractivity contribution in [2.75, 3.05) is 20.3 Å². The second kappa shape index (κ2) is 2.46. The van der Waals surface area contributed by atoms with Gasteiger partial charge in [0, 0.05) is 11.8 Å². The maximum absolute atomic E-state index is 11.1. The zero-order chi connectivity index (χ0) is 7.84. The average molecular weight is 157 g/mol. The summed E-state index contributed by atoms with van der Waals surface area (Å²) in [6, 6.07) is 0. The number of hydroxylamine groups is 1. The molecule has 4 heteroatoms. The number of carbonyl (C=O) groups excluding carboxylic acids is 1. The van der Waals surface area contributed by atoms with Crippen LogP contribution >= 0.6 is 0 Å². The standard InChI is InChI=1S/C7H11NO3/c1-10-8-7(9)6-4-2-11-3-5(4)6/h4-6H,2-3H2,1H3,(H,8,9). The van der Waals surface area contributed by atoms with Gasteiger partial charge in [-0.05, 0) is 0 Å². The van der Waals surface area contributed by atoms with Gasteiger partial charge in [-0.15, -0.1) is 0 Å². The van der Waals surface area contributed by atoms with Gasteiger partial charge in [-0.3, -0.25) is 9.63 Å². The van der Waals surface area contributed by atoms with E-state index < -0.39 is 0 Å². The van der Waals surface area contributed by atoms with Crippen molar-refractivity contribution in [1.29, 1.82) is 0 Å². The van der Waals surface area contributed by atoms with Crippen molar-refractivity contribution in [1.82, 2.24) is 5.48 Å². The second-order valence-corrected chi connectivity index (χ2v) is 3.06. The third-order valence-electron chi connectivity index (χ3n) is 2.46. The van der Waals surface area contributed by atoms with E-state index in [1.807, 2.05) is 0 Å². The molecule has 1 aliphatic carbocycles. The number of ether oxygens (including phenoxy) is 1. The molecule has 2 aliphatic rings. The van der Waals surface area contributed by atoms with Crippen molar-refractivity contribution in [2.45, 2.75) is 0 Å². The smallest absolute Gasteiger partial charge is 0.247 e. The van der Waals surface area contributed by atoms with Crippen LogP contribution in [-0.4, -0.2) is 26.2 Å². The number of nitrogens with one attached hydrogen (secondary N) is 1. The molecular formula is C7H11NO3. The first-order valence-electron chi connectivity index (χ1n) is 3.75. The number of fused-ring (bicyclic) bond motifs is 1. The van der Waals surface area contributed by atoms with E-state index in [-0.39, 0.29) is 11.8 Å². The van der Waals surface area contributed by atoms with E-state index in [0.717, 1.165) is 13.2 Å². The van der Waals surface area contributed by atoms with Gasteiger partial charge < -0.3 is 4.74 Å². The number of hydrogen-bond donors (Lipinski definition) is 1. The van der Waals surface area contributed by atoms with Crippen molar-refractivity contribution in [3.8, 4) is 0 Å². The lowest BCUT2D eigenvalue weighted by Gasteiger charge is -2.03. The third-order valence-corrected chi connectivity index (χ3v) is 2.46. The lowest BCUT2D eigenvalue weighted by molar-refractivity contribution is -0.134. The topological polar surface area (TPSA) is 47.6 Å². The molecule has 0 radical (unpaired) electrons. The van der Waals surface area contributed by atoms with Crippen LogP contribution in [-0.2, 0) is 14.4 Å². The highest BCUT2D eigenvalue weighted by Crippen LogP contribution is 2.50. The highest BCUT2D eigenvalue weighted by Gasteiger charge is 2.58. The summed E-state index contributed by atoms with van der Waals surface area (Å²) in [6.45, 7) is 1.49. The lowest BCUT2D eigenvalue weighted by atomic mass is 10.3. The van der Waals surface area contributed by atoms with Crippen molar-refractivity contribution in [2.24, 2.45) is 17.8 Å². The summed E-state index contributed by atoms with van der Waals surface area (Å²) < 4.78 is 5.14. The van der Waals surface area contributed by atoms with E-state index in [1.165, 1.54) is 7.11 Å². The Morgan fingerprint density at radius 1 is 1.55 bits per heavy atom. The zero-order valence-electron chi connectivity index (χ0n) is 6.37. The Bertz CT molecular complexity index is 173. The van der Waals surface area contributed by atoms with Crippen molar-refractivity contribution >= 4 is 5.91 Å². The molecule has 1 saturated carbocycles. The molecule has 62 valence electrons. The van der Waals surface area contributed by atoms with Crippen molar-refractivity contribution in [3.05, 3.63) is 0 Å². The average Bonchev–Trinajstić information content (AvgIpc) is 2.47. The molecule has 1 heterocycles. The predicted molar refractivity (Wildman–Crippen MR) is 36.4 cm³/mol. The highest BCUT2D eigenvalue weighted by molar-refractivity contribution is 5.81. The molecule has 2 rings (SSSR count). The van der Waals surface area contributed by atoms with Crippen LogP contribution in [0.3, 0.4) is 0 Å². The minimum atomic E-state index is 0.00537. The van der Waals surface area contributed by atoms with Crippen LogP contribution in [0.1, 0.15) is 0 Å². The molecule has 0 aromatic heterocycles. The van der Waals surface area contributed by atoms with Gasteiger partial charge in [0.2, 0.25) is 5.91 Å². The summed E-state index contributed by atoms with van der Waals surface area (Å²) in [5.41, 5.74) is 2.34.